The van der Waals surface area contributed by atoms with Gasteiger partial charge >= 0.3 is 0 Å². The Bertz CT molecular complexity index is 563. The van der Waals surface area contributed by atoms with Crippen molar-refractivity contribution in [3.05, 3.63) is 33.3 Å². The van der Waals surface area contributed by atoms with Crippen LogP contribution in [0.4, 0.5) is 11.6 Å². The van der Waals surface area contributed by atoms with E-state index in [0.29, 0.717) is 5.82 Å². The Morgan fingerprint density at radius 2 is 2.05 bits per heavy atom. The molecular weight excluding hydrogens is 256 g/mol. The van der Waals surface area contributed by atoms with E-state index in [4.69, 9.17) is 5.73 Å². The van der Waals surface area contributed by atoms with E-state index >= 15 is 0 Å². The number of hydrogen-bond donors (Lipinski definition) is 2. The first-order valence-corrected chi connectivity index (χ1v) is 7.45. The average molecular weight is 276 g/mol. The number of aromatic nitrogens is 2. The maximum atomic E-state index is 5.91. The zero-order valence-corrected chi connectivity index (χ0v) is 12.5. The molecule has 2 heterocycles. The molecule has 3 N–H and O–H groups in total. The highest BCUT2D eigenvalue weighted by molar-refractivity contribution is 7.10. The molecule has 0 atom stereocenters. The van der Waals surface area contributed by atoms with Crippen LogP contribution in [0.15, 0.2) is 11.4 Å². The lowest BCUT2D eigenvalue weighted by Gasteiger charge is -2.11. The minimum Gasteiger partial charge on any atom is -0.383 e. The number of aryl methyl sites for hydroxylation is 2. The van der Waals surface area contributed by atoms with Gasteiger partial charge in [-0.05, 0) is 30.4 Å². The zero-order chi connectivity index (χ0) is 13.8. The molecule has 0 aliphatic heterocycles. The third kappa shape index (κ3) is 3.04. The lowest BCUT2D eigenvalue weighted by molar-refractivity contribution is 0.928. The first kappa shape index (κ1) is 13.8. The van der Waals surface area contributed by atoms with Crippen molar-refractivity contribution >= 4 is 23.0 Å². The molecular formula is C14H20N4S. The van der Waals surface area contributed by atoms with Crippen LogP contribution in [0.2, 0.25) is 0 Å². The average Bonchev–Trinajstić information content (AvgIpc) is 2.87. The summed E-state index contributed by atoms with van der Waals surface area (Å²) >= 11 is 1.78. The Morgan fingerprint density at radius 1 is 1.26 bits per heavy atom. The Kier molecular flexibility index (Phi) is 4.37. The summed E-state index contributed by atoms with van der Waals surface area (Å²) in [5, 5.41) is 5.52. The van der Waals surface area contributed by atoms with E-state index in [1.807, 2.05) is 13.8 Å². The number of hydrogen-bond acceptors (Lipinski definition) is 5. The minimum absolute atomic E-state index is 0.566. The van der Waals surface area contributed by atoms with Crippen molar-refractivity contribution in [3.8, 4) is 0 Å². The Hall–Kier alpha value is -1.62. The summed E-state index contributed by atoms with van der Waals surface area (Å²) in [5.74, 6) is 2.20. The SMILES string of the molecule is CCc1nc(N)c(C)c(NCc2sccc2CC)n1. The monoisotopic (exact) mass is 276 g/mol. The van der Waals surface area contributed by atoms with Crippen LogP contribution < -0.4 is 11.1 Å². The molecule has 0 aromatic carbocycles. The molecule has 0 amide bonds. The Labute approximate surface area is 118 Å². The van der Waals surface area contributed by atoms with E-state index in [9.17, 15) is 0 Å². The fourth-order valence-electron chi connectivity index (χ4n) is 1.91. The van der Waals surface area contributed by atoms with E-state index in [0.717, 1.165) is 36.6 Å². The quantitative estimate of drug-likeness (QED) is 0.880. The molecule has 0 radical (unpaired) electrons. The highest BCUT2D eigenvalue weighted by atomic mass is 32.1. The second-order valence-corrected chi connectivity index (χ2v) is 5.43. The molecule has 102 valence electrons. The summed E-state index contributed by atoms with van der Waals surface area (Å²) in [6.07, 6.45) is 1.85. The molecule has 0 saturated heterocycles. The van der Waals surface area contributed by atoms with Gasteiger partial charge in [-0.3, -0.25) is 0 Å². The lowest BCUT2D eigenvalue weighted by atomic mass is 10.2. The van der Waals surface area contributed by atoms with Gasteiger partial charge in [-0.1, -0.05) is 13.8 Å². The van der Waals surface area contributed by atoms with Crippen molar-refractivity contribution in [2.45, 2.75) is 40.2 Å². The molecule has 19 heavy (non-hydrogen) atoms. The number of nitrogen functional groups attached to an aromatic ring is 1. The first-order chi connectivity index (χ1) is 9.15. The summed E-state index contributed by atoms with van der Waals surface area (Å²) in [5.41, 5.74) is 8.23. The molecule has 2 rings (SSSR count). The number of nitrogens with two attached hydrogens (primary N) is 1. The molecule has 0 bridgehead atoms. The summed E-state index contributed by atoms with van der Waals surface area (Å²) in [6, 6.07) is 2.18. The fourth-order valence-corrected chi connectivity index (χ4v) is 2.83. The minimum atomic E-state index is 0.566. The molecule has 2 aromatic rings. The molecule has 0 spiro atoms. The van der Waals surface area contributed by atoms with Crippen LogP contribution in [-0.4, -0.2) is 9.97 Å². The van der Waals surface area contributed by atoms with Gasteiger partial charge < -0.3 is 11.1 Å². The normalized spacial score (nSPS) is 10.7. The topological polar surface area (TPSA) is 63.8 Å². The molecule has 0 unspecified atom stereocenters. The third-order valence-electron chi connectivity index (χ3n) is 3.18. The maximum absolute atomic E-state index is 5.91. The molecule has 4 nitrogen and oxygen atoms in total. The highest BCUT2D eigenvalue weighted by Gasteiger charge is 2.09. The van der Waals surface area contributed by atoms with Gasteiger partial charge in [0, 0.05) is 16.9 Å². The predicted molar refractivity (Wildman–Crippen MR) is 81.6 cm³/mol. The molecule has 0 saturated carbocycles. The van der Waals surface area contributed by atoms with Crippen molar-refractivity contribution in [3.63, 3.8) is 0 Å². The van der Waals surface area contributed by atoms with Crippen molar-refractivity contribution in [1.29, 1.82) is 0 Å². The van der Waals surface area contributed by atoms with Gasteiger partial charge in [-0.2, -0.15) is 0 Å². The van der Waals surface area contributed by atoms with Gasteiger partial charge in [0.1, 0.15) is 17.5 Å². The summed E-state index contributed by atoms with van der Waals surface area (Å²) in [4.78, 5) is 10.1. The van der Waals surface area contributed by atoms with Crippen LogP contribution in [0.1, 0.15) is 35.7 Å². The predicted octanol–water partition coefficient (Wildman–Crippen LogP) is 3.17. The highest BCUT2D eigenvalue weighted by Crippen LogP contribution is 2.21. The lowest BCUT2D eigenvalue weighted by Crippen LogP contribution is -2.09. The number of nitrogens with zero attached hydrogens (tertiary/aromatic N) is 2. The number of anilines is 2. The number of nitrogens with one attached hydrogen (secondary N) is 1. The molecule has 0 fully saturated rings. The van der Waals surface area contributed by atoms with Crippen molar-refractivity contribution in [1.82, 2.24) is 9.97 Å². The van der Waals surface area contributed by atoms with Crippen LogP contribution in [0.5, 0.6) is 0 Å². The van der Waals surface area contributed by atoms with Gasteiger partial charge in [-0.15, -0.1) is 11.3 Å². The van der Waals surface area contributed by atoms with Gasteiger partial charge in [0.25, 0.3) is 0 Å². The number of rotatable bonds is 5. The molecule has 0 aliphatic carbocycles. The first-order valence-electron chi connectivity index (χ1n) is 6.57. The van der Waals surface area contributed by atoms with Crippen LogP contribution in [0.25, 0.3) is 0 Å². The maximum Gasteiger partial charge on any atom is 0.135 e. The van der Waals surface area contributed by atoms with Crippen LogP contribution in [-0.2, 0) is 19.4 Å². The largest absolute Gasteiger partial charge is 0.383 e. The van der Waals surface area contributed by atoms with E-state index < -0.39 is 0 Å². The second kappa shape index (κ2) is 6.02. The van der Waals surface area contributed by atoms with E-state index in [2.05, 4.69) is 33.7 Å². The molecule has 5 heteroatoms. The van der Waals surface area contributed by atoms with Crippen molar-refractivity contribution in [2.24, 2.45) is 0 Å². The molecule has 2 aromatic heterocycles. The van der Waals surface area contributed by atoms with Gasteiger partial charge in [-0.25, -0.2) is 9.97 Å². The van der Waals surface area contributed by atoms with Crippen LogP contribution >= 0.6 is 11.3 Å². The third-order valence-corrected chi connectivity index (χ3v) is 4.14. The summed E-state index contributed by atoms with van der Waals surface area (Å²) < 4.78 is 0. The van der Waals surface area contributed by atoms with Crippen molar-refractivity contribution < 1.29 is 0 Å². The Balaban J connectivity index is 2.17. The summed E-state index contributed by atoms with van der Waals surface area (Å²) in [7, 11) is 0. The van der Waals surface area contributed by atoms with E-state index in [-0.39, 0.29) is 0 Å². The van der Waals surface area contributed by atoms with E-state index in [1.165, 1.54) is 10.4 Å². The number of thiophene rings is 1. The fraction of sp³-hybridized carbons (Fsp3) is 0.429. The zero-order valence-electron chi connectivity index (χ0n) is 11.7. The van der Waals surface area contributed by atoms with Crippen molar-refractivity contribution in [2.75, 3.05) is 11.1 Å². The smallest absolute Gasteiger partial charge is 0.135 e. The standard InChI is InChI=1S/C14H20N4S/c1-4-10-6-7-19-11(10)8-16-14-9(3)13(15)17-12(5-2)18-14/h6-7H,4-5,8H2,1-3H3,(H3,15,16,17,18). The van der Waals surface area contributed by atoms with E-state index in [1.54, 1.807) is 11.3 Å². The second-order valence-electron chi connectivity index (χ2n) is 4.43. The van der Waals surface area contributed by atoms with Crippen LogP contribution in [0.3, 0.4) is 0 Å². The van der Waals surface area contributed by atoms with Gasteiger partial charge in [0.2, 0.25) is 0 Å². The Morgan fingerprint density at radius 3 is 2.74 bits per heavy atom. The van der Waals surface area contributed by atoms with Gasteiger partial charge in [0.15, 0.2) is 0 Å². The summed E-state index contributed by atoms with van der Waals surface area (Å²) in [6.45, 7) is 6.95. The van der Waals surface area contributed by atoms with Crippen LogP contribution in [0, 0.1) is 6.92 Å². The van der Waals surface area contributed by atoms with Gasteiger partial charge in [0.05, 0.1) is 6.54 Å². The molecule has 0 aliphatic rings.